The SMILES string of the molecule is Cc1nc(NC(C)c2cccnc2)nc(NC2CC(CO)C(O)C2O)c1C(N)S. The van der Waals surface area contributed by atoms with Gasteiger partial charge in [-0.2, -0.15) is 17.6 Å². The highest BCUT2D eigenvalue weighted by Crippen LogP contribution is 2.32. The zero-order valence-electron chi connectivity index (χ0n) is 16.4. The van der Waals surface area contributed by atoms with Gasteiger partial charge in [0.25, 0.3) is 0 Å². The number of pyridine rings is 1. The van der Waals surface area contributed by atoms with Crippen LogP contribution in [-0.2, 0) is 0 Å². The van der Waals surface area contributed by atoms with Gasteiger partial charge in [-0.3, -0.25) is 4.98 Å². The monoisotopic (exact) mass is 420 g/mol. The fourth-order valence-electron chi connectivity index (χ4n) is 3.64. The van der Waals surface area contributed by atoms with E-state index in [1.165, 1.54) is 0 Å². The van der Waals surface area contributed by atoms with Gasteiger partial charge in [-0.1, -0.05) is 6.07 Å². The Morgan fingerprint density at radius 2 is 2.07 bits per heavy atom. The van der Waals surface area contributed by atoms with Crippen LogP contribution in [-0.4, -0.2) is 55.1 Å². The van der Waals surface area contributed by atoms with Crippen LogP contribution in [0.4, 0.5) is 11.8 Å². The largest absolute Gasteiger partial charge is 0.396 e. The highest BCUT2D eigenvalue weighted by atomic mass is 32.1. The van der Waals surface area contributed by atoms with Crippen LogP contribution in [0.1, 0.15) is 41.6 Å². The maximum absolute atomic E-state index is 10.3. The number of aryl methyl sites for hydroxylation is 1. The Morgan fingerprint density at radius 3 is 2.66 bits per heavy atom. The van der Waals surface area contributed by atoms with Crippen LogP contribution in [0.3, 0.4) is 0 Å². The zero-order valence-corrected chi connectivity index (χ0v) is 17.3. The Labute approximate surface area is 175 Å². The van der Waals surface area contributed by atoms with Gasteiger partial charge in [0.05, 0.1) is 29.3 Å². The molecule has 3 rings (SSSR count). The smallest absolute Gasteiger partial charge is 0.225 e. The summed E-state index contributed by atoms with van der Waals surface area (Å²) in [5.74, 6) is 0.434. The average Bonchev–Trinajstić information content (AvgIpc) is 2.95. The van der Waals surface area contributed by atoms with Gasteiger partial charge in [0.2, 0.25) is 5.95 Å². The summed E-state index contributed by atoms with van der Waals surface area (Å²) in [6.45, 7) is 3.59. The predicted molar refractivity (Wildman–Crippen MR) is 114 cm³/mol. The summed E-state index contributed by atoms with van der Waals surface area (Å²) in [4.78, 5) is 13.2. The van der Waals surface area contributed by atoms with Gasteiger partial charge in [0.15, 0.2) is 0 Å². The highest BCUT2D eigenvalue weighted by Gasteiger charge is 2.41. The van der Waals surface area contributed by atoms with Crippen molar-refractivity contribution in [2.24, 2.45) is 11.7 Å². The third kappa shape index (κ3) is 4.78. The fourth-order valence-corrected chi connectivity index (χ4v) is 3.95. The Balaban J connectivity index is 1.87. The molecule has 0 saturated heterocycles. The summed E-state index contributed by atoms with van der Waals surface area (Å²) in [6.07, 6.45) is 1.85. The quantitative estimate of drug-likeness (QED) is 0.254. The summed E-state index contributed by atoms with van der Waals surface area (Å²) < 4.78 is 0. The lowest BCUT2D eigenvalue weighted by atomic mass is 10.1. The summed E-state index contributed by atoms with van der Waals surface area (Å²) in [5.41, 5.74) is 8.26. The molecule has 0 bridgehead atoms. The van der Waals surface area contributed by atoms with Crippen molar-refractivity contribution in [3.63, 3.8) is 0 Å². The molecule has 1 aliphatic carbocycles. The second kappa shape index (κ2) is 9.23. The molecule has 10 heteroatoms. The van der Waals surface area contributed by atoms with E-state index in [0.717, 1.165) is 5.56 Å². The molecule has 0 aliphatic heterocycles. The number of aliphatic hydroxyl groups is 3. The summed E-state index contributed by atoms with van der Waals surface area (Å²) >= 11 is 4.34. The van der Waals surface area contributed by atoms with Crippen molar-refractivity contribution in [1.29, 1.82) is 0 Å². The molecule has 2 heterocycles. The van der Waals surface area contributed by atoms with E-state index in [1.807, 2.05) is 26.0 Å². The maximum atomic E-state index is 10.3. The molecule has 6 atom stereocenters. The summed E-state index contributed by atoms with van der Waals surface area (Å²) in [7, 11) is 0. The van der Waals surface area contributed by atoms with Gasteiger partial charge in [0, 0.05) is 30.5 Å². The standard InChI is InChI=1S/C19H28N6O3S/c1-9(11-4-3-5-21-7-11)22-19-23-10(2)14(17(20)29)18(25-19)24-13-6-12(8-26)15(27)16(13)28/h3-5,7,9,12-13,15-17,26-29H,6,8,20H2,1-2H3,(H2,22,23,24,25). The van der Waals surface area contributed by atoms with Gasteiger partial charge in [-0.15, -0.1) is 0 Å². The van der Waals surface area contributed by atoms with Crippen molar-refractivity contribution in [1.82, 2.24) is 15.0 Å². The van der Waals surface area contributed by atoms with Crippen molar-refractivity contribution in [2.45, 2.75) is 49.9 Å². The molecule has 1 saturated carbocycles. The third-order valence-electron chi connectivity index (χ3n) is 5.32. The molecule has 29 heavy (non-hydrogen) atoms. The first-order chi connectivity index (χ1) is 13.8. The summed E-state index contributed by atoms with van der Waals surface area (Å²) in [6, 6.07) is 3.26. The molecule has 0 amide bonds. The van der Waals surface area contributed by atoms with E-state index in [0.29, 0.717) is 29.4 Å². The molecule has 9 nitrogen and oxygen atoms in total. The lowest BCUT2D eigenvalue weighted by Gasteiger charge is -2.23. The number of nitrogens with zero attached hydrogens (tertiary/aromatic N) is 3. The topological polar surface area (TPSA) is 149 Å². The molecule has 0 spiro atoms. The first-order valence-electron chi connectivity index (χ1n) is 9.54. The lowest BCUT2D eigenvalue weighted by molar-refractivity contribution is 0.00445. The zero-order chi connectivity index (χ0) is 21.1. The van der Waals surface area contributed by atoms with Crippen LogP contribution in [0.25, 0.3) is 0 Å². The van der Waals surface area contributed by atoms with E-state index in [2.05, 4.69) is 38.2 Å². The van der Waals surface area contributed by atoms with Crippen molar-refractivity contribution in [3.05, 3.63) is 41.3 Å². The number of nitrogens with two attached hydrogens (primary N) is 1. The lowest BCUT2D eigenvalue weighted by Crippen LogP contribution is -2.36. The van der Waals surface area contributed by atoms with E-state index in [9.17, 15) is 15.3 Å². The number of aromatic nitrogens is 3. The van der Waals surface area contributed by atoms with E-state index in [4.69, 9.17) is 5.73 Å². The van der Waals surface area contributed by atoms with E-state index in [1.54, 1.807) is 12.4 Å². The van der Waals surface area contributed by atoms with Gasteiger partial charge < -0.3 is 31.7 Å². The molecular formula is C19H28N6O3S. The maximum Gasteiger partial charge on any atom is 0.225 e. The first-order valence-corrected chi connectivity index (χ1v) is 10.1. The molecular weight excluding hydrogens is 392 g/mol. The molecule has 1 aliphatic rings. The molecule has 1 fully saturated rings. The molecule has 6 unspecified atom stereocenters. The van der Waals surface area contributed by atoms with Crippen LogP contribution >= 0.6 is 12.6 Å². The van der Waals surface area contributed by atoms with Crippen LogP contribution in [0.15, 0.2) is 24.5 Å². The van der Waals surface area contributed by atoms with Crippen molar-refractivity contribution >= 4 is 24.4 Å². The minimum atomic E-state index is -1.03. The van der Waals surface area contributed by atoms with E-state index >= 15 is 0 Å². The van der Waals surface area contributed by atoms with Gasteiger partial charge in [0.1, 0.15) is 11.9 Å². The Kier molecular flexibility index (Phi) is 6.91. The van der Waals surface area contributed by atoms with Crippen molar-refractivity contribution in [3.8, 4) is 0 Å². The minimum Gasteiger partial charge on any atom is -0.396 e. The Morgan fingerprint density at radius 1 is 1.31 bits per heavy atom. The molecule has 2 aromatic rings. The van der Waals surface area contributed by atoms with E-state index < -0.39 is 29.5 Å². The van der Waals surface area contributed by atoms with Crippen molar-refractivity contribution < 1.29 is 15.3 Å². The molecule has 2 aromatic heterocycles. The Bertz CT molecular complexity index is 825. The average molecular weight is 421 g/mol. The second-order valence-electron chi connectivity index (χ2n) is 7.40. The normalized spacial score (nSPS) is 26.2. The molecule has 0 aromatic carbocycles. The number of thiol groups is 1. The van der Waals surface area contributed by atoms with Crippen LogP contribution in [0.2, 0.25) is 0 Å². The van der Waals surface area contributed by atoms with Crippen LogP contribution in [0.5, 0.6) is 0 Å². The number of nitrogens with one attached hydrogen (secondary N) is 2. The third-order valence-corrected chi connectivity index (χ3v) is 5.58. The second-order valence-corrected chi connectivity index (χ2v) is 7.96. The van der Waals surface area contributed by atoms with Crippen molar-refractivity contribution in [2.75, 3.05) is 17.2 Å². The van der Waals surface area contributed by atoms with Gasteiger partial charge in [-0.05, 0) is 31.9 Å². The number of hydrogen-bond acceptors (Lipinski definition) is 10. The minimum absolute atomic E-state index is 0.0795. The highest BCUT2D eigenvalue weighted by molar-refractivity contribution is 7.80. The number of rotatable bonds is 7. The molecule has 7 N–H and O–H groups in total. The number of hydrogen-bond donors (Lipinski definition) is 7. The fraction of sp³-hybridized carbons (Fsp3) is 0.526. The number of aliphatic hydroxyl groups excluding tert-OH is 3. The van der Waals surface area contributed by atoms with Gasteiger partial charge in [-0.25, -0.2) is 4.98 Å². The molecule has 158 valence electrons. The van der Waals surface area contributed by atoms with Gasteiger partial charge >= 0.3 is 0 Å². The first kappa shape index (κ1) is 21.7. The summed E-state index contributed by atoms with van der Waals surface area (Å²) in [5, 5.41) is 35.6. The van der Waals surface area contributed by atoms with E-state index in [-0.39, 0.29) is 12.6 Å². The number of anilines is 2. The predicted octanol–water partition coefficient (Wildman–Crippen LogP) is 0.755. The molecule has 0 radical (unpaired) electrons. The van der Waals surface area contributed by atoms with Crippen LogP contribution < -0.4 is 16.4 Å². The Hall–Kier alpha value is -1.98. The van der Waals surface area contributed by atoms with Crippen LogP contribution in [0, 0.1) is 12.8 Å².